The van der Waals surface area contributed by atoms with Crippen LogP contribution in [0.3, 0.4) is 0 Å². The maximum atomic E-state index is 10.4. The second kappa shape index (κ2) is 35.0. The number of rotatable bonds is 26. The van der Waals surface area contributed by atoms with E-state index in [1.807, 2.05) is 0 Å². The Labute approximate surface area is 282 Å². The summed E-state index contributed by atoms with van der Waals surface area (Å²) in [6.07, 6.45) is 28.6. The number of hydrogen-bond acceptors (Lipinski definition) is 6. The van der Waals surface area contributed by atoms with Crippen LogP contribution in [0.25, 0.3) is 0 Å². The Bertz CT molecular complexity index is 588. The average Bonchev–Trinajstić information content (AvgIpc) is 2.79. The Morgan fingerprint density at radius 1 is 0.342 bits per heavy atom. The third kappa shape index (κ3) is 50.6. The molecule has 10 heteroatoms. The first kappa shape index (κ1) is 46.8. The summed E-state index contributed by atoms with van der Waals surface area (Å²) in [5.74, 6) is -0.380. The summed E-state index contributed by atoms with van der Waals surface area (Å²) in [6.45, 7) is 4.47. The quantitative estimate of drug-likeness (QED) is 0.0856. The van der Waals surface area contributed by atoms with Crippen LogP contribution in [0.5, 0.6) is 0 Å². The largest absolute Gasteiger partial charge is 1.00 e. The fraction of sp³-hybridized carbons (Fsp3) is 1.00. The molecular formula is C28H58Na2O6S2. The second-order valence-corrected chi connectivity index (χ2v) is 13.3. The van der Waals surface area contributed by atoms with Crippen molar-refractivity contribution >= 4 is 20.2 Å². The van der Waals surface area contributed by atoms with Crippen LogP contribution in [0.1, 0.15) is 168 Å². The van der Waals surface area contributed by atoms with Gasteiger partial charge in [0.15, 0.2) is 0 Å². The van der Waals surface area contributed by atoms with Gasteiger partial charge in [0.25, 0.3) is 0 Å². The third-order valence-corrected chi connectivity index (χ3v) is 8.07. The molecular weight excluding hydrogens is 542 g/mol. The molecule has 0 bridgehead atoms. The van der Waals surface area contributed by atoms with E-state index in [-0.39, 0.29) is 70.6 Å². The maximum absolute atomic E-state index is 10.4. The normalized spacial score (nSPS) is 11.3. The molecule has 0 fully saturated rings. The van der Waals surface area contributed by atoms with E-state index in [1.54, 1.807) is 0 Å². The Morgan fingerprint density at radius 2 is 0.500 bits per heavy atom. The van der Waals surface area contributed by atoms with Crippen molar-refractivity contribution in [2.45, 2.75) is 168 Å². The zero-order valence-corrected chi connectivity index (χ0v) is 31.3. The van der Waals surface area contributed by atoms with Gasteiger partial charge in [0.1, 0.15) is 0 Å². The molecule has 0 aliphatic heterocycles. The molecule has 0 amide bonds. The minimum absolute atomic E-state index is 0. The minimum Gasteiger partial charge on any atom is -0.748 e. The molecule has 6 nitrogen and oxygen atoms in total. The molecule has 0 aromatic rings. The molecule has 38 heavy (non-hydrogen) atoms. The van der Waals surface area contributed by atoms with Crippen molar-refractivity contribution in [2.24, 2.45) is 0 Å². The number of unbranched alkanes of at least 4 members (excludes halogenated alkanes) is 22. The summed E-state index contributed by atoms with van der Waals surface area (Å²) in [5, 5.41) is 0. The van der Waals surface area contributed by atoms with E-state index in [0.29, 0.717) is 12.8 Å². The topological polar surface area (TPSA) is 114 Å². The van der Waals surface area contributed by atoms with Gasteiger partial charge in [0.2, 0.25) is 0 Å². The van der Waals surface area contributed by atoms with E-state index in [4.69, 9.17) is 0 Å². The minimum atomic E-state index is -3.99. The zero-order chi connectivity index (χ0) is 27.4. The SMILES string of the molecule is CCCCCCCCCCCCCCS(=O)(=O)[O-].CCCCCCCCCCCCCCS(=O)(=O)[O-].[Na+].[Na+]. The number of hydrogen-bond donors (Lipinski definition) is 0. The van der Waals surface area contributed by atoms with Gasteiger partial charge in [0.05, 0.1) is 20.2 Å². The summed E-state index contributed by atoms with van der Waals surface area (Å²) < 4.78 is 62.1. The van der Waals surface area contributed by atoms with Crippen LogP contribution in [-0.4, -0.2) is 37.4 Å². The predicted molar refractivity (Wildman–Crippen MR) is 151 cm³/mol. The molecule has 220 valence electrons. The van der Waals surface area contributed by atoms with Gasteiger partial charge in [-0.15, -0.1) is 0 Å². The third-order valence-electron chi connectivity index (χ3n) is 6.50. The van der Waals surface area contributed by atoms with Crippen LogP contribution in [0.2, 0.25) is 0 Å². The van der Waals surface area contributed by atoms with Gasteiger partial charge in [0, 0.05) is 11.5 Å². The standard InChI is InChI=1S/2C14H30O3S.2Na/c2*1-2-3-4-5-6-7-8-9-10-11-12-13-14-18(15,16)17;;/h2*2-14H2,1H3,(H,15,16,17);;/q;;2*+1/p-2. The molecule has 0 aliphatic rings. The van der Waals surface area contributed by atoms with Gasteiger partial charge >= 0.3 is 59.1 Å². The van der Waals surface area contributed by atoms with Crippen LogP contribution in [0.15, 0.2) is 0 Å². The van der Waals surface area contributed by atoms with Crippen molar-refractivity contribution in [3.05, 3.63) is 0 Å². The van der Waals surface area contributed by atoms with Gasteiger partial charge in [-0.3, -0.25) is 0 Å². The fourth-order valence-corrected chi connectivity index (χ4v) is 5.36. The molecule has 0 aliphatic carbocycles. The van der Waals surface area contributed by atoms with Crippen LogP contribution in [-0.2, 0) is 20.2 Å². The molecule has 0 saturated heterocycles. The summed E-state index contributed by atoms with van der Waals surface area (Å²) in [7, 11) is -7.97. The van der Waals surface area contributed by atoms with E-state index in [9.17, 15) is 25.9 Å². The van der Waals surface area contributed by atoms with Gasteiger partial charge in [-0.05, 0) is 12.8 Å². The van der Waals surface area contributed by atoms with E-state index in [2.05, 4.69) is 13.8 Å². The van der Waals surface area contributed by atoms with Gasteiger partial charge < -0.3 is 9.11 Å². The summed E-state index contributed by atoms with van der Waals surface area (Å²) in [6, 6.07) is 0. The van der Waals surface area contributed by atoms with Crippen LogP contribution in [0, 0.1) is 0 Å². The fourth-order valence-electron chi connectivity index (χ4n) is 4.24. The van der Waals surface area contributed by atoms with Crippen molar-refractivity contribution in [2.75, 3.05) is 11.5 Å². The molecule has 0 aromatic carbocycles. The first-order valence-corrected chi connectivity index (χ1v) is 18.1. The first-order valence-electron chi connectivity index (χ1n) is 15.0. The maximum Gasteiger partial charge on any atom is 1.00 e. The molecule has 0 unspecified atom stereocenters. The smallest absolute Gasteiger partial charge is 0.748 e. The zero-order valence-electron chi connectivity index (χ0n) is 25.7. The van der Waals surface area contributed by atoms with Crippen molar-refractivity contribution in [3.63, 3.8) is 0 Å². The molecule has 0 N–H and O–H groups in total. The van der Waals surface area contributed by atoms with Crippen molar-refractivity contribution in [1.29, 1.82) is 0 Å². The molecule has 0 aromatic heterocycles. The van der Waals surface area contributed by atoms with Crippen LogP contribution < -0.4 is 59.1 Å². The first-order chi connectivity index (χ1) is 17.1. The molecule has 0 rings (SSSR count). The van der Waals surface area contributed by atoms with Crippen LogP contribution >= 0.6 is 0 Å². The Kier molecular flexibility index (Phi) is 43.1. The van der Waals surface area contributed by atoms with E-state index >= 15 is 0 Å². The monoisotopic (exact) mass is 600 g/mol. The Hall–Kier alpha value is 1.82. The van der Waals surface area contributed by atoms with E-state index in [1.165, 1.54) is 116 Å². The Morgan fingerprint density at radius 3 is 0.658 bits per heavy atom. The van der Waals surface area contributed by atoms with Crippen LogP contribution in [0.4, 0.5) is 0 Å². The summed E-state index contributed by atoms with van der Waals surface area (Å²) >= 11 is 0. The van der Waals surface area contributed by atoms with Gasteiger partial charge in [-0.1, -0.05) is 155 Å². The average molecular weight is 601 g/mol. The van der Waals surface area contributed by atoms with Gasteiger partial charge in [-0.2, -0.15) is 0 Å². The molecule has 0 spiro atoms. The summed E-state index contributed by atoms with van der Waals surface area (Å²) in [4.78, 5) is 0. The molecule has 0 heterocycles. The van der Waals surface area contributed by atoms with Crippen molar-refractivity contribution in [1.82, 2.24) is 0 Å². The van der Waals surface area contributed by atoms with E-state index in [0.717, 1.165) is 25.7 Å². The molecule has 0 saturated carbocycles. The molecule has 0 radical (unpaired) electrons. The predicted octanol–water partition coefficient (Wildman–Crippen LogP) is 2.47. The van der Waals surface area contributed by atoms with E-state index < -0.39 is 20.2 Å². The Balaban J connectivity index is -0.000000289. The molecule has 0 atom stereocenters. The second-order valence-electron chi connectivity index (χ2n) is 10.3. The van der Waals surface area contributed by atoms with Crippen molar-refractivity contribution < 1.29 is 85.1 Å². The van der Waals surface area contributed by atoms with Gasteiger partial charge in [-0.25, -0.2) is 16.8 Å². The van der Waals surface area contributed by atoms with Crippen molar-refractivity contribution in [3.8, 4) is 0 Å². The summed E-state index contributed by atoms with van der Waals surface area (Å²) in [5.41, 5.74) is 0.